The van der Waals surface area contributed by atoms with Gasteiger partial charge in [0.25, 0.3) is 11.8 Å². The summed E-state index contributed by atoms with van der Waals surface area (Å²) < 4.78 is 5.43. The summed E-state index contributed by atoms with van der Waals surface area (Å²) in [5, 5.41) is 1.59. The van der Waals surface area contributed by atoms with E-state index in [-0.39, 0.29) is 17.1 Å². The number of aryl methyl sites for hydroxylation is 1. The number of benzene rings is 2. The maximum absolute atomic E-state index is 13.3. The fraction of sp³-hybridized carbons (Fsp3) is 0.227. The minimum atomic E-state index is -0.894. The number of imide groups is 1. The molecule has 0 radical (unpaired) electrons. The van der Waals surface area contributed by atoms with Crippen molar-refractivity contribution in [2.24, 2.45) is 0 Å². The van der Waals surface area contributed by atoms with Crippen molar-refractivity contribution >= 4 is 29.0 Å². The van der Waals surface area contributed by atoms with Gasteiger partial charge in [-0.1, -0.05) is 12.1 Å². The van der Waals surface area contributed by atoms with Crippen LogP contribution in [0.4, 0.5) is 11.4 Å². The van der Waals surface area contributed by atoms with Crippen LogP contribution in [0.3, 0.4) is 0 Å². The minimum Gasteiger partial charge on any atom is -0.494 e. The molecule has 0 aliphatic carbocycles. The van der Waals surface area contributed by atoms with Gasteiger partial charge in [0.1, 0.15) is 11.4 Å². The van der Waals surface area contributed by atoms with Crippen LogP contribution in [0.1, 0.15) is 19.4 Å². The molecule has 2 aromatic carbocycles. The van der Waals surface area contributed by atoms with Gasteiger partial charge in [0.05, 0.1) is 23.6 Å². The van der Waals surface area contributed by atoms with Crippen LogP contribution in [0.2, 0.25) is 0 Å². The van der Waals surface area contributed by atoms with E-state index in [0.29, 0.717) is 23.7 Å². The van der Waals surface area contributed by atoms with E-state index in [1.165, 1.54) is 6.92 Å². The van der Waals surface area contributed by atoms with Crippen LogP contribution in [-0.2, 0) is 14.4 Å². The van der Waals surface area contributed by atoms with Crippen molar-refractivity contribution in [1.29, 1.82) is 0 Å². The zero-order chi connectivity index (χ0) is 20.7. The van der Waals surface area contributed by atoms with E-state index in [1.54, 1.807) is 29.3 Å². The van der Waals surface area contributed by atoms with E-state index in [0.717, 1.165) is 10.5 Å². The van der Waals surface area contributed by atoms with Gasteiger partial charge in [-0.2, -0.15) is 0 Å². The number of amides is 2. The lowest BCUT2D eigenvalue weighted by Gasteiger charge is -2.26. The number of rotatable bonds is 5. The maximum atomic E-state index is 13.3. The number of Topliss-reactive ketones (excluding diaryl/α,β-unsaturated/α-hetero) is 1. The highest BCUT2D eigenvalue weighted by atomic mass is 16.5. The number of fused-ring (bicyclic) bond motifs is 1. The van der Waals surface area contributed by atoms with E-state index in [9.17, 15) is 14.4 Å². The van der Waals surface area contributed by atoms with Gasteiger partial charge in [-0.05, 0) is 55.8 Å². The van der Waals surface area contributed by atoms with Crippen LogP contribution in [0, 0.1) is 6.92 Å². The molecule has 0 spiro atoms. The van der Waals surface area contributed by atoms with Crippen LogP contribution in [-0.4, -0.2) is 30.2 Å². The first-order chi connectivity index (χ1) is 13.9. The monoisotopic (exact) mass is 391 g/mol. The fourth-order valence-corrected chi connectivity index (χ4v) is 3.67. The second-order valence-corrected chi connectivity index (χ2v) is 6.97. The topological polar surface area (TPSA) is 79.0 Å². The number of anilines is 2. The van der Waals surface area contributed by atoms with Gasteiger partial charge in [-0.3, -0.25) is 24.8 Å². The van der Waals surface area contributed by atoms with Gasteiger partial charge in [0, 0.05) is 6.92 Å². The Bertz CT molecular complexity index is 1040. The van der Waals surface area contributed by atoms with Crippen molar-refractivity contribution in [2.75, 3.05) is 16.5 Å². The van der Waals surface area contributed by atoms with Crippen LogP contribution in [0.25, 0.3) is 0 Å². The molecular weight excluding hydrogens is 370 g/mol. The Morgan fingerprint density at radius 2 is 1.83 bits per heavy atom. The fourth-order valence-electron chi connectivity index (χ4n) is 3.67. The first kappa shape index (κ1) is 18.7. The van der Waals surface area contributed by atoms with E-state index in [2.05, 4.69) is 5.43 Å². The molecule has 1 fully saturated rings. The molecule has 7 nitrogen and oxygen atoms in total. The number of nitrogens with one attached hydrogen (secondary N) is 1. The maximum Gasteiger partial charge on any atom is 0.266 e. The van der Waals surface area contributed by atoms with Gasteiger partial charge in [0.2, 0.25) is 0 Å². The Hall–Kier alpha value is -3.61. The highest BCUT2D eigenvalue weighted by Gasteiger charge is 2.53. The number of nitrogens with zero attached hydrogens (tertiary/aromatic N) is 2. The zero-order valence-electron chi connectivity index (χ0n) is 16.4. The number of hydrogen-bond donors (Lipinski definition) is 1. The molecule has 2 aromatic rings. The smallest absolute Gasteiger partial charge is 0.266 e. The van der Waals surface area contributed by atoms with Crippen molar-refractivity contribution in [3.8, 4) is 5.75 Å². The predicted molar refractivity (Wildman–Crippen MR) is 108 cm³/mol. The highest BCUT2D eigenvalue weighted by Crippen LogP contribution is 2.37. The van der Waals surface area contributed by atoms with Crippen molar-refractivity contribution in [3.63, 3.8) is 0 Å². The molecule has 2 aliphatic heterocycles. The number of hydrazine groups is 1. The van der Waals surface area contributed by atoms with E-state index < -0.39 is 17.9 Å². The van der Waals surface area contributed by atoms with Crippen molar-refractivity contribution < 1.29 is 19.1 Å². The number of hydrogen-bond acceptors (Lipinski definition) is 6. The molecule has 4 rings (SSSR count). The summed E-state index contributed by atoms with van der Waals surface area (Å²) in [5.74, 6) is -0.534. The first-order valence-electron chi connectivity index (χ1n) is 9.41. The second-order valence-electron chi connectivity index (χ2n) is 6.97. The summed E-state index contributed by atoms with van der Waals surface area (Å²) in [6.07, 6.45) is 0. The van der Waals surface area contributed by atoms with Gasteiger partial charge in [0.15, 0.2) is 11.8 Å². The zero-order valence-corrected chi connectivity index (χ0v) is 16.4. The SMILES string of the molecule is CCOc1ccc(N2C(=O)C3=C(C(C)=O)NN(c4cccc(C)c4)C3C2=O)cc1. The summed E-state index contributed by atoms with van der Waals surface area (Å²) in [6, 6.07) is 13.4. The van der Waals surface area contributed by atoms with E-state index >= 15 is 0 Å². The third-order valence-corrected chi connectivity index (χ3v) is 4.96. The summed E-state index contributed by atoms with van der Waals surface area (Å²) in [6.45, 7) is 5.72. The average Bonchev–Trinajstić information content (AvgIpc) is 3.21. The van der Waals surface area contributed by atoms with Gasteiger partial charge in [-0.25, -0.2) is 4.90 Å². The average molecular weight is 391 g/mol. The molecule has 2 amide bonds. The lowest BCUT2D eigenvalue weighted by Crippen LogP contribution is -2.46. The normalized spacial score (nSPS) is 18.2. The van der Waals surface area contributed by atoms with Crippen LogP contribution in [0.5, 0.6) is 5.75 Å². The molecule has 2 heterocycles. The summed E-state index contributed by atoms with van der Waals surface area (Å²) >= 11 is 0. The first-order valence-corrected chi connectivity index (χ1v) is 9.41. The van der Waals surface area contributed by atoms with Crippen LogP contribution >= 0.6 is 0 Å². The minimum absolute atomic E-state index is 0.156. The number of carbonyl (C=O) groups is 3. The molecule has 0 aromatic heterocycles. The Morgan fingerprint density at radius 1 is 1.10 bits per heavy atom. The quantitative estimate of drug-likeness (QED) is 0.789. The third kappa shape index (κ3) is 3.04. The molecule has 1 N–H and O–H groups in total. The number of ether oxygens (including phenoxy) is 1. The molecule has 0 saturated carbocycles. The Balaban J connectivity index is 1.76. The lowest BCUT2D eigenvalue weighted by molar-refractivity contribution is -0.121. The molecule has 1 saturated heterocycles. The van der Waals surface area contributed by atoms with Gasteiger partial charge in [-0.15, -0.1) is 0 Å². The Morgan fingerprint density at radius 3 is 2.45 bits per heavy atom. The van der Waals surface area contributed by atoms with Crippen LogP contribution in [0.15, 0.2) is 59.8 Å². The molecule has 29 heavy (non-hydrogen) atoms. The summed E-state index contributed by atoms with van der Waals surface area (Å²) in [7, 11) is 0. The van der Waals surface area contributed by atoms with Gasteiger partial charge >= 0.3 is 0 Å². The lowest BCUT2D eigenvalue weighted by atomic mass is 10.1. The molecular formula is C22H21N3O4. The van der Waals surface area contributed by atoms with Crippen molar-refractivity contribution in [3.05, 3.63) is 65.4 Å². The molecule has 0 bridgehead atoms. The summed E-state index contributed by atoms with van der Waals surface area (Å²) in [4.78, 5) is 39.8. The van der Waals surface area contributed by atoms with Gasteiger partial charge < -0.3 is 4.74 Å². The largest absolute Gasteiger partial charge is 0.494 e. The highest BCUT2D eigenvalue weighted by molar-refractivity contribution is 6.34. The third-order valence-electron chi connectivity index (χ3n) is 4.96. The molecule has 1 atom stereocenters. The second kappa shape index (κ2) is 7.09. The predicted octanol–water partition coefficient (Wildman–Crippen LogP) is 2.50. The molecule has 2 aliphatic rings. The number of allylic oxidation sites excluding steroid dienone is 1. The molecule has 1 unspecified atom stereocenters. The number of ketones is 1. The molecule has 148 valence electrons. The Kier molecular flexibility index (Phi) is 4.58. The summed E-state index contributed by atoms with van der Waals surface area (Å²) in [5.41, 5.74) is 5.46. The van der Waals surface area contributed by atoms with Crippen LogP contribution < -0.4 is 20.1 Å². The van der Waals surface area contributed by atoms with E-state index in [4.69, 9.17) is 4.74 Å². The number of carbonyl (C=O) groups excluding carboxylic acids is 3. The van der Waals surface area contributed by atoms with Crippen molar-refractivity contribution in [1.82, 2.24) is 5.43 Å². The standard InChI is InChI=1S/C22H21N3O4/c1-4-29-17-10-8-15(9-11-17)24-21(27)18-19(14(3)26)23-25(20(18)22(24)28)16-7-5-6-13(2)12-16/h5-12,20,23H,4H2,1-3H3. The van der Waals surface area contributed by atoms with E-state index in [1.807, 2.05) is 38.1 Å². The van der Waals surface area contributed by atoms with Crippen molar-refractivity contribution in [2.45, 2.75) is 26.8 Å². The Labute approximate surface area is 168 Å². The molecule has 7 heteroatoms.